The number of alkyl halides is 2. The lowest BCUT2D eigenvalue weighted by atomic mass is 10.2. The van der Waals surface area contributed by atoms with Crippen LogP contribution in [0.15, 0.2) is 18.2 Å². The molecule has 0 saturated carbocycles. The highest BCUT2D eigenvalue weighted by Crippen LogP contribution is 2.33. The molecule has 1 fully saturated rings. The van der Waals surface area contributed by atoms with Crippen LogP contribution in [0.2, 0.25) is 0 Å². The maximum atomic E-state index is 12.3. The fourth-order valence-corrected chi connectivity index (χ4v) is 2.13. The van der Waals surface area contributed by atoms with E-state index in [-0.39, 0.29) is 6.04 Å². The number of rotatable bonds is 4. The topological polar surface area (TPSA) is 64.8 Å². The van der Waals surface area contributed by atoms with Gasteiger partial charge in [-0.3, -0.25) is 10.1 Å². The number of hydrogen-bond donors (Lipinski definition) is 0. The fraction of sp³-hybridized carbons (Fsp3) is 0.500. The highest BCUT2D eigenvalue weighted by Gasteiger charge is 2.24. The van der Waals surface area contributed by atoms with Gasteiger partial charge in [0.05, 0.1) is 18.1 Å². The van der Waals surface area contributed by atoms with E-state index in [0.717, 1.165) is 0 Å². The van der Waals surface area contributed by atoms with Crippen LogP contribution < -0.4 is 9.64 Å². The monoisotopic (exact) mass is 288 g/mol. The van der Waals surface area contributed by atoms with Crippen molar-refractivity contribution in [2.24, 2.45) is 0 Å². The number of morpholine rings is 1. The third-order valence-corrected chi connectivity index (χ3v) is 3.06. The van der Waals surface area contributed by atoms with Gasteiger partial charge in [0, 0.05) is 30.4 Å². The molecule has 0 spiro atoms. The summed E-state index contributed by atoms with van der Waals surface area (Å²) in [4.78, 5) is 12.0. The fourth-order valence-electron chi connectivity index (χ4n) is 2.13. The first-order valence-corrected chi connectivity index (χ1v) is 6.06. The van der Waals surface area contributed by atoms with Crippen LogP contribution in [0, 0.1) is 10.1 Å². The number of nitro groups is 1. The van der Waals surface area contributed by atoms with E-state index in [9.17, 15) is 18.9 Å². The van der Waals surface area contributed by atoms with Crippen molar-refractivity contribution in [2.45, 2.75) is 19.6 Å². The van der Waals surface area contributed by atoms with Crippen molar-refractivity contribution < 1.29 is 23.2 Å². The highest BCUT2D eigenvalue weighted by atomic mass is 19.3. The average molecular weight is 288 g/mol. The highest BCUT2D eigenvalue weighted by molar-refractivity contribution is 5.59. The van der Waals surface area contributed by atoms with Crippen LogP contribution >= 0.6 is 0 Å². The van der Waals surface area contributed by atoms with Gasteiger partial charge in [0.2, 0.25) is 5.75 Å². The van der Waals surface area contributed by atoms with Gasteiger partial charge >= 0.3 is 12.3 Å². The van der Waals surface area contributed by atoms with Gasteiger partial charge in [0.25, 0.3) is 0 Å². The zero-order valence-corrected chi connectivity index (χ0v) is 10.8. The molecule has 1 aliphatic rings. The first-order chi connectivity index (χ1) is 9.49. The first kappa shape index (κ1) is 14.4. The first-order valence-electron chi connectivity index (χ1n) is 6.06. The molecule has 1 aromatic carbocycles. The quantitative estimate of drug-likeness (QED) is 0.629. The van der Waals surface area contributed by atoms with Crippen LogP contribution in [-0.2, 0) is 4.74 Å². The molecule has 0 bridgehead atoms. The second kappa shape index (κ2) is 6.00. The van der Waals surface area contributed by atoms with Crippen LogP contribution in [0.4, 0.5) is 20.2 Å². The number of hydrogen-bond acceptors (Lipinski definition) is 5. The summed E-state index contributed by atoms with van der Waals surface area (Å²) in [6, 6.07) is 4.03. The van der Waals surface area contributed by atoms with Crippen LogP contribution in [0.5, 0.6) is 5.75 Å². The molecule has 1 atom stereocenters. The van der Waals surface area contributed by atoms with Gasteiger partial charge in [-0.25, -0.2) is 0 Å². The summed E-state index contributed by atoms with van der Waals surface area (Å²) < 4.78 is 34.2. The molecule has 0 radical (unpaired) electrons. The molecule has 8 heteroatoms. The lowest BCUT2D eigenvalue weighted by Crippen LogP contribution is -2.43. The minimum Gasteiger partial charge on any atom is -0.427 e. The van der Waals surface area contributed by atoms with E-state index in [1.807, 2.05) is 11.8 Å². The zero-order chi connectivity index (χ0) is 14.7. The average Bonchev–Trinajstić information content (AvgIpc) is 2.38. The van der Waals surface area contributed by atoms with Crippen LogP contribution in [0.3, 0.4) is 0 Å². The van der Waals surface area contributed by atoms with E-state index in [0.29, 0.717) is 25.4 Å². The summed E-state index contributed by atoms with van der Waals surface area (Å²) in [6.45, 7) is 0.446. The zero-order valence-electron chi connectivity index (χ0n) is 10.8. The number of ether oxygens (including phenoxy) is 2. The van der Waals surface area contributed by atoms with Gasteiger partial charge in [-0.2, -0.15) is 8.78 Å². The van der Waals surface area contributed by atoms with Crippen molar-refractivity contribution in [3.8, 4) is 5.75 Å². The van der Waals surface area contributed by atoms with Gasteiger partial charge in [0.1, 0.15) is 0 Å². The molecular weight excluding hydrogens is 274 g/mol. The lowest BCUT2D eigenvalue weighted by Gasteiger charge is -2.35. The molecule has 2 rings (SSSR count). The molecule has 0 aliphatic carbocycles. The Morgan fingerprint density at radius 2 is 2.30 bits per heavy atom. The third kappa shape index (κ3) is 3.13. The summed E-state index contributed by atoms with van der Waals surface area (Å²) in [7, 11) is 0. The standard InChI is InChI=1S/C12H14F2N2O4/c1-8-7-19-5-4-15(8)9-2-3-10(16(17)18)11(6-9)20-12(13)14/h2-3,6,8,12H,4-5,7H2,1H3/t8-/m0/s1. The molecule has 0 N–H and O–H groups in total. The summed E-state index contributed by atoms with van der Waals surface area (Å²) in [5, 5.41) is 10.8. The Hall–Kier alpha value is -1.96. The SMILES string of the molecule is C[C@H]1COCCN1c1ccc([N+](=O)[O-])c(OC(F)F)c1. The lowest BCUT2D eigenvalue weighted by molar-refractivity contribution is -0.386. The maximum Gasteiger partial charge on any atom is 0.387 e. The molecule has 1 aliphatic heterocycles. The normalized spacial score (nSPS) is 19.2. The Morgan fingerprint density at radius 3 is 2.90 bits per heavy atom. The number of anilines is 1. The van der Waals surface area contributed by atoms with Crippen LogP contribution in [-0.4, -0.2) is 37.3 Å². The minimum atomic E-state index is -3.11. The Bertz CT molecular complexity index is 498. The largest absolute Gasteiger partial charge is 0.427 e. The molecule has 110 valence electrons. The predicted octanol–water partition coefficient (Wildman–Crippen LogP) is 2.42. The van der Waals surface area contributed by atoms with E-state index < -0.39 is 23.0 Å². The minimum absolute atomic E-state index is 0.0598. The summed E-state index contributed by atoms with van der Waals surface area (Å²) in [6.07, 6.45) is 0. The van der Waals surface area contributed by atoms with Crippen molar-refractivity contribution in [2.75, 3.05) is 24.7 Å². The van der Waals surface area contributed by atoms with Gasteiger partial charge < -0.3 is 14.4 Å². The molecule has 0 unspecified atom stereocenters. The Morgan fingerprint density at radius 1 is 1.55 bits per heavy atom. The molecule has 1 aromatic rings. The summed E-state index contributed by atoms with van der Waals surface area (Å²) in [5.74, 6) is -0.429. The van der Waals surface area contributed by atoms with Gasteiger partial charge in [-0.05, 0) is 13.0 Å². The van der Waals surface area contributed by atoms with Gasteiger partial charge in [-0.1, -0.05) is 0 Å². The molecule has 0 aromatic heterocycles. The molecule has 1 heterocycles. The van der Waals surface area contributed by atoms with Crippen molar-refractivity contribution >= 4 is 11.4 Å². The molecule has 6 nitrogen and oxygen atoms in total. The van der Waals surface area contributed by atoms with E-state index in [1.54, 1.807) is 0 Å². The maximum absolute atomic E-state index is 12.3. The number of halogens is 2. The van der Waals surface area contributed by atoms with Gasteiger partial charge in [-0.15, -0.1) is 0 Å². The second-order valence-electron chi connectivity index (χ2n) is 4.40. The van der Waals surface area contributed by atoms with Crippen molar-refractivity contribution in [3.05, 3.63) is 28.3 Å². The Kier molecular flexibility index (Phi) is 4.33. The Balaban J connectivity index is 2.33. The molecule has 1 saturated heterocycles. The van der Waals surface area contributed by atoms with E-state index in [2.05, 4.69) is 4.74 Å². The van der Waals surface area contributed by atoms with Crippen LogP contribution in [0.1, 0.15) is 6.92 Å². The van der Waals surface area contributed by atoms with E-state index >= 15 is 0 Å². The van der Waals surface area contributed by atoms with Crippen LogP contribution in [0.25, 0.3) is 0 Å². The smallest absolute Gasteiger partial charge is 0.387 e. The van der Waals surface area contributed by atoms with Crippen molar-refractivity contribution in [1.29, 1.82) is 0 Å². The molecule has 0 amide bonds. The third-order valence-electron chi connectivity index (χ3n) is 3.06. The van der Waals surface area contributed by atoms with E-state index in [4.69, 9.17) is 4.74 Å². The van der Waals surface area contributed by atoms with Crippen molar-refractivity contribution in [3.63, 3.8) is 0 Å². The number of nitro benzene ring substituents is 1. The Labute approximate surface area is 114 Å². The summed E-state index contributed by atoms with van der Waals surface area (Å²) in [5.41, 5.74) is 0.122. The molecule has 20 heavy (non-hydrogen) atoms. The summed E-state index contributed by atoms with van der Waals surface area (Å²) >= 11 is 0. The van der Waals surface area contributed by atoms with Gasteiger partial charge in [0.15, 0.2) is 0 Å². The van der Waals surface area contributed by atoms with E-state index in [1.165, 1.54) is 18.2 Å². The molecular formula is C12H14F2N2O4. The second-order valence-corrected chi connectivity index (χ2v) is 4.40. The number of nitrogens with zero attached hydrogens (tertiary/aromatic N) is 2. The number of benzene rings is 1. The van der Waals surface area contributed by atoms with Crippen molar-refractivity contribution in [1.82, 2.24) is 0 Å². The predicted molar refractivity (Wildman–Crippen MR) is 67.4 cm³/mol.